The van der Waals surface area contributed by atoms with Gasteiger partial charge in [0.2, 0.25) is 0 Å². The van der Waals surface area contributed by atoms with E-state index >= 15 is 0 Å². The average molecular weight is 353 g/mol. The number of aryl methyl sites for hydroxylation is 3. The summed E-state index contributed by atoms with van der Waals surface area (Å²) in [6.45, 7) is 7.82. The minimum Gasteiger partial charge on any atom is -0.366 e. The normalized spacial score (nSPS) is 14.2. The van der Waals surface area contributed by atoms with Crippen LogP contribution in [0.1, 0.15) is 41.9 Å². The Hall–Kier alpha value is -2.41. The van der Waals surface area contributed by atoms with Gasteiger partial charge >= 0.3 is 0 Å². The Balaban J connectivity index is 1.58. The first-order valence-corrected chi connectivity index (χ1v) is 9.48. The number of H-pyrrole nitrogens is 1. The largest absolute Gasteiger partial charge is 0.366 e. The summed E-state index contributed by atoms with van der Waals surface area (Å²) in [6, 6.07) is 2.16. The van der Waals surface area contributed by atoms with Gasteiger partial charge in [0.25, 0.3) is 0 Å². The first-order valence-electron chi connectivity index (χ1n) is 9.48. The van der Waals surface area contributed by atoms with Crippen LogP contribution in [-0.2, 0) is 19.5 Å². The second-order valence-electron chi connectivity index (χ2n) is 7.17. The summed E-state index contributed by atoms with van der Waals surface area (Å²) >= 11 is 0. The van der Waals surface area contributed by atoms with E-state index in [1.807, 2.05) is 13.1 Å². The van der Waals surface area contributed by atoms with Crippen molar-refractivity contribution in [2.45, 2.75) is 52.6 Å². The summed E-state index contributed by atoms with van der Waals surface area (Å²) < 4.78 is 2.23. The Kier molecular flexibility index (Phi) is 4.63. The molecule has 0 radical (unpaired) electrons. The molecular weight excluding hydrogens is 326 g/mol. The highest BCUT2D eigenvalue weighted by Gasteiger charge is 2.25. The first-order chi connectivity index (χ1) is 12.7. The van der Waals surface area contributed by atoms with Crippen molar-refractivity contribution in [3.05, 3.63) is 34.9 Å². The molecule has 0 atom stereocenters. The third-order valence-electron chi connectivity index (χ3n) is 5.28. The van der Waals surface area contributed by atoms with Gasteiger partial charge in [-0.1, -0.05) is 6.42 Å². The molecule has 4 rings (SSSR count). The van der Waals surface area contributed by atoms with Gasteiger partial charge in [-0.15, -0.1) is 0 Å². The van der Waals surface area contributed by atoms with Crippen LogP contribution in [0.25, 0.3) is 11.0 Å². The molecule has 7 heteroatoms. The Bertz CT molecular complexity index is 908. The van der Waals surface area contributed by atoms with Crippen LogP contribution in [-0.4, -0.2) is 38.1 Å². The van der Waals surface area contributed by atoms with Crippen LogP contribution in [0.2, 0.25) is 0 Å². The zero-order chi connectivity index (χ0) is 18.1. The average Bonchev–Trinajstić information content (AvgIpc) is 3.22. The van der Waals surface area contributed by atoms with Crippen LogP contribution in [0.5, 0.6) is 0 Å². The summed E-state index contributed by atoms with van der Waals surface area (Å²) in [6.07, 6.45) is 6.31. The fourth-order valence-corrected chi connectivity index (χ4v) is 3.93. The van der Waals surface area contributed by atoms with Crippen molar-refractivity contribution in [3.8, 4) is 0 Å². The van der Waals surface area contributed by atoms with E-state index in [0.717, 1.165) is 67.9 Å². The number of rotatable bonds is 6. The maximum Gasteiger partial charge on any atom is 0.157 e. The van der Waals surface area contributed by atoms with Crippen molar-refractivity contribution in [1.82, 2.24) is 25.0 Å². The highest BCUT2D eigenvalue weighted by Crippen LogP contribution is 2.31. The number of nitrogens with two attached hydrogens (primary N) is 1. The topological polar surface area (TPSA) is 88.6 Å². The number of pyridine rings is 1. The number of nitrogens with one attached hydrogen (secondary N) is 1. The molecule has 26 heavy (non-hydrogen) atoms. The number of hydrogen-bond acceptors (Lipinski definition) is 5. The minimum atomic E-state index is 0.777. The number of hydrogen-bond donors (Lipinski definition) is 2. The van der Waals surface area contributed by atoms with Gasteiger partial charge in [-0.3, -0.25) is 9.78 Å². The van der Waals surface area contributed by atoms with E-state index in [2.05, 4.69) is 37.8 Å². The molecule has 1 aliphatic heterocycles. The van der Waals surface area contributed by atoms with Crippen LogP contribution in [0.4, 0.5) is 5.69 Å². The van der Waals surface area contributed by atoms with E-state index in [4.69, 9.17) is 10.8 Å². The molecule has 0 fully saturated rings. The van der Waals surface area contributed by atoms with Crippen LogP contribution >= 0.6 is 0 Å². The van der Waals surface area contributed by atoms with Gasteiger partial charge in [-0.2, -0.15) is 10.2 Å². The smallest absolute Gasteiger partial charge is 0.157 e. The molecule has 138 valence electrons. The molecule has 0 amide bonds. The quantitative estimate of drug-likeness (QED) is 0.665. The molecule has 0 aliphatic carbocycles. The van der Waals surface area contributed by atoms with Crippen molar-refractivity contribution >= 4 is 16.7 Å². The number of fused-ring (bicyclic) bond motifs is 2. The standard InChI is InChI=1S/C19H27N7/c1-13-10-18(15-11-21-23-19(15)22-13)25-9-6-17-16(12-25)14(2)24-26(17)8-5-3-4-7-20/h10-11H,3-9,12,20H2,1-2H3,(H,21,22,23). The molecule has 3 aromatic heterocycles. The molecule has 0 unspecified atom stereocenters. The molecule has 0 saturated heterocycles. The Morgan fingerprint density at radius 3 is 2.96 bits per heavy atom. The molecule has 0 aromatic carbocycles. The van der Waals surface area contributed by atoms with Crippen LogP contribution in [0.15, 0.2) is 12.3 Å². The maximum absolute atomic E-state index is 5.60. The third-order valence-corrected chi connectivity index (χ3v) is 5.28. The van der Waals surface area contributed by atoms with Crippen molar-refractivity contribution in [1.29, 1.82) is 0 Å². The van der Waals surface area contributed by atoms with Crippen molar-refractivity contribution < 1.29 is 0 Å². The Morgan fingerprint density at radius 1 is 1.23 bits per heavy atom. The Morgan fingerprint density at radius 2 is 2.12 bits per heavy atom. The Labute approximate surface area is 153 Å². The lowest BCUT2D eigenvalue weighted by molar-refractivity contribution is 0.520. The highest BCUT2D eigenvalue weighted by molar-refractivity contribution is 5.89. The fourth-order valence-electron chi connectivity index (χ4n) is 3.93. The number of anilines is 1. The molecule has 0 spiro atoms. The van der Waals surface area contributed by atoms with E-state index < -0.39 is 0 Å². The van der Waals surface area contributed by atoms with E-state index in [0.29, 0.717) is 0 Å². The van der Waals surface area contributed by atoms with Crippen LogP contribution < -0.4 is 10.6 Å². The predicted octanol–water partition coefficient (Wildman–Crippen LogP) is 2.46. The third kappa shape index (κ3) is 3.07. The summed E-state index contributed by atoms with van der Waals surface area (Å²) in [7, 11) is 0. The lowest BCUT2D eigenvalue weighted by Gasteiger charge is -2.30. The molecule has 3 N–H and O–H groups in total. The number of unbranched alkanes of at least 4 members (excludes halogenated alkanes) is 2. The van der Waals surface area contributed by atoms with Crippen LogP contribution in [0, 0.1) is 13.8 Å². The first kappa shape index (κ1) is 17.0. The van der Waals surface area contributed by atoms with Gasteiger partial charge in [-0.25, -0.2) is 4.98 Å². The zero-order valence-corrected chi connectivity index (χ0v) is 15.6. The van der Waals surface area contributed by atoms with Gasteiger partial charge in [0.1, 0.15) is 0 Å². The molecule has 0 bridgehead atoms. The molecular formula is C19H27N7. The molecule has 7 nitrogen and oxygen atoms in total. The van der Waals surface area contributed by atoms with Crippen molar-refractivity contribution in [3.63, 3.8) is 0 Å². The van der Waals surface area contributed by atoms with E-state index in [1.165, 1.54) is 23.4 Å². The van der Waals surface area contributed by atoms with Gasteiger partial charge < -0.3 is 10.6 Å². The summed E-state index contributed by atoms with van der Waals surface area (Å²) in [5.41, 5.74) is 12.6. The predicted molar refractivity (Wildman–Crippen MR) is 103 cm³/mol. The summed E-state index contributed by atoms with van der Waals surface area (Å²) in [4.78, 5) is 6.97. The van der Waals surface area contributed by atoms with Gasteiger partial charge in [0.15, 0.2) is 5.65 Å². The SMILES string of the molecule is Cc1cc(N2CCc3c(c(C)nn3CCCCCN)C2)c2cn[nH]c2n1. The second kappa shape index (κ2) is 7.07. The lowest BCUT2D eigenvalue weighted by Crippen LogP contribution is -2.31. The van der Waals surface area contributed by atoms with Crippen molar-refractivity contribution in [2.24, 2.45) is 5.73 Å². The molecule has 3 aromatic rings. The van der Waals surface area contributed by atoms with Gasteiger partial charge in [0.05, 0.1) is 23.0 Å². The number of aromatic nitrogens is 5. The van der Waals surface area contributed by atoms with E-state index in [-0.39, 0.29) is 0 Å². The second-order valence-corrected chi connectivity index (χ2v) is 7.17. The van der Waals surface area contributed by atoms with Crippen LogP contribution in [0.3, 0.4) is 0 Å². The summed E-state index contributed by atoms with van der Waals surface area (Å²) in [5.74, 6) is 0. The molecule has 0 saturated carbocycles. The van der Waals surface area contributed by atoms with Crippen molar-refractivity contribution in [2.75, 3.05) is 18.0 Å². The zero-order valence-electron chi connectivity index (χ0n) is 15.6. The van der Waals surface area contributed by atoms with Gasteiger partial charge in [-0.05, 0) is 39.3 Å². The fraction of sp³-hybridized carbons (Fsp3) is 0.526. The molecule has 4 heterocycles. The van der Waals surface area contributed by atoms with Gasteiger partial charge in [0, 0.05) is 43.0 Å². The lowest BCUT2D eigenvalue weighted by atomic mass is 10.0. The monoisotopic (exact) mass is 353 g/mol. The number of aromatic amines is 1. The minimum absolute atomic E-state index is 0.777. The molecule has 1 aliphatic rings. The van der Waals surface area contributed by atoms with E-state index in [9.17, 15) is 0 Å². The van der Waals surface area contributed by atoms with E-state index in [1.54, 1.807) is 0 Å². The summed E-state index contributed by atoms with van der Waals surface area (Å²) in [5, 5.41) is 13.1. The maximum atomic E-state index is 5.60. The number of nitrogens with zero attached hydrogens (tertiary/aromatic N) is 5. The highest BCUT2D eigenvalue weighted by atomic mass is 15.3.